The van der Waals surface area contributed by atoms with Crippen LogP contribution in [0.3, 0.4) is 0 Å². The monoisotopic (exact) mass is 417 g/mol. The van der Waals surface area contributed by atoms with Crippen LogP contribution in [0, 0.1) is 0 Å². The minimum atomic E-state index is -0.931. The maximum absolute atomic E-state index is 11.7. The molecule has 0 saturated carbocycles. The van der Waals surface area contributed by atoms with Crippen LogP contribution < -0.4 is 5.32 Å². The molecule has 0 aromatic heterocycles. The second-order valence-electron chi connectivity index (χ2n) is 7.22. The van der Waals surface area contributed by atoms with E-state index in [1.807, 2.05) is 0 Å². The predicted molar refractivity (Wildman–Crippen MR) is 120 cm³/mol. The van der Waals surface area contributed by atoms with Crippen molar-refractivity contribution in [1.82, 2.24) is 5.32 Å². The smallest absolute Gasteiger partial charge is 0.313 e. The Morgan fingerprint density at radius 2 is 1.19 bits per heavy atom. The third kappa shape index (κ3) is 21.5. The van der Waals surface area contributed by atoms with Crippen molar-refractivity contribution < 1.29 is 14.7 Å². The Kier molecular flexibility index (Phi) is 19.7. The summed E-state index contributed by atoms with van der Waals surface area (Å²) in [5, 5.41) is 11.1. The van der Waals surface area contributed by atoms with Crippen molar-refractivity contribution in [2.45, 2.75) is 110 Å². The van der Waals surface area contributed by atoms with E-state index in [4.69, 9.17) is 17.3 Å². The molecule has 4 nitrogen and oxygen atoms in total. The summed E-state index contributed by atoms with van der Waals surface area (Å²) < 4.78 is 0.253. The quantitative estimate of drug-likeness (QED) is 0.198. The molecule has 27 heavy (non-hydrogen) atoms. The first-order valence-electron chi connectivity index (χ1n) is 10.7. The van der Waals surface area contributed by atoms with Crippen LogP contribution in [-0.4, -0.2) is 27.1 Å². The summed E-state index contributed by atoms with van der Waals surface area (Å²) in [6.07, 6.45) is 20.0. The number of thiocarbonyl (C=S) groups is 1. The van der Waals surface area contributed by atoms with E-state index in [0.717, 1.165) is 24.6 Å². The normalized spacial score (nSPS) is 10.7. The Balaban J connectivity index is 3.25. The molecule has 0 radical (unpaired) electrons. The lowest BCUT2D eigenvalue weighted by atomic mass is 10.0. The van der Waals surface area contributed by atoms with Crippen molar-refractivity contribution in [2.75, 3.05) is 5.75 Å². The molecule has 0 aromatic rings. The van der Waals surface area contributed by atoms with Crippen molar-refractivity contribution in [3.8, 4) is 0 Å². The number of hydrogen-bond acceptors (Lipinski definition) is 4. The van der Waals surface area contributed by atoms with Gasteiger partial charge in [-0.25, -0.2) is 0 Å². The van der Waals surface area contributed by atoms with Gasteiger partial charge in [0, 0.05) is 6.42 Å². The van der Waals surface area contributed by atoms with Crippen molar-refractivity contribution >= 4 is 40.2 Å². The molecule has 0 fully saturated rings. The highest BCUT2D eigenvalue weighted by molar-refractivity contribution is 8.23. The van der Waals surface area contributed by atoms with Crippen LogP contribution in [-0.2, 0) is 9.59 Å². The fourth-order valence-electron chi connectivity index (χ4n) is 3.00. The van der Waals surface area contributed by atoms with Crippen LogP contribution in [0.1, 0.15) is 110 Å². The van der Waals surface area contributed by atoms with Crippen molar-refractivity contribution in [3.63, 3.8) is 0 Å². The fourth-order valence-corrected chi connectivity index (χ4v) is 3.73. The van der Waals surface area contributed by atoms with Gasteiger partial charge in [0.15, 0.2) is 0 Å². The van der Waals surface area contributed by atoms with Gasteiger partial charge in [0.05, 0.1) is 5.75 Å². The Bertz CT molecular complexity index is 403. The molecule has 158 valence electrons. The predicted octanol–water partition coefficient (Wildman–Crippen LogP) is 6.47. The van der Waals surface area contributed by atoms with Crippen LogP contribution in [0.4, 0.5) is 0 Å². The van der Waals surface area contributed by atoms with E-state index in [-0.39, 0.29) is 16.0 Å². The van der Waals surface area contributed by atoms with Gasteiger partial charge in [-0.15, -0.1) is 0 Å². The summed E-state index contributed by atoms with van der Waals surface area (Å²) in [7, 11) is 0. The fraction of sp³-hybridized carbons (Fsp3) is 0.857. The largest absolute Gasteiger partial charge is 0.481 e. The van der Waals surface area contributed by atoms with E-state index in [2.05, 4.69) is 12.2 Å². The maximum atomic E-state index is 11.7. The first-order valence-corrected chi connectivity index (χ1v) is 12.1. The summed E-state index contributed by atoms with van der Waals surface area (Å²) >= 11 is 5.90. The standard InChI is InChI=1S/C21H39NO3S2/c1-2-3-4-5-6-7-8-9-10-11-12-13-14-15-16-17-19(23)22-21(26)27-18-20(24)25/h2-18H2,1H3,(H,24,25)(H,22,23,26). The average molecular weight is 418 g/mol. The van der Waals surface area contributed by atoms with Gasteiger partial charge in [-0.2, -0.15) is 0 Å². The summed E-state index contributed by atoms with van der Waals surface area (Å²) in [5.74, 6) is -1.15. The lowest BCUT2D eigenvalue weighted by Crippen LogP contribution is -2.27. The number of thioether (sulfide) groups is 1. The lowest BCUT2D eigenvalue weighted by molar-refractivity contribution is -0.134. The van der Waals surface area contributed by atoms with Crippen molar-refractivity contribution in [3.05, 3.63) is 0 Å². The first-order chi connectivity index (χ1) is 13.1. The summed E-state index contributed by atoms with van der Waals surface area (Å²) in [5.41, 5.74) is 0. The molecule has 0 unspecified atom stereocenters. The van der Waals surface area contributed by atoms with E-state index in [1.54, 1.807) is 0 Å². The molecule has 1 amide bonds. The molecule has 0 heterocycles. The Morgan fingerprint density at radius 3 is 1.59 bits per heavy atom. The second-order valence-corrected chi connectivity index (χ2v) is 8.87. The van der Waals surface area contributed by atoms with Crippen molar-refractivity contribution in [1.29, 1.82) is 0 Å². The second kappa shape index (κ2) is 20.1. The van der Waals surface area contributed by atoms with Crippen LogP contribution in [0.15, 0.2) is 0 Å². The number of carbonyl (C=O) groups excluding carboxylic acids is 1. The highest BCUT2D eigenvalue weighted by atomic mass is 32.2. The SMILES string of the molecule is CCCCCCCCCCCCCCCCCC(=O)NC(=S)SCC(=O)O. The molecule has 0 atom stereocenters. The molecule has 0 bridgehead atoms. The summed E-state index contributed by atoms with van der Waals surface area (Å²) in [6.45, 7) is 2.26. The Morgan fingerprint density at radius 1 is 0.778 bits per heavy atom. The molecule has 0 aromatic carbocycles. The molecule has 0 rings (SSSR count). The van der Waals surface area contributed by atoms with Gasteiger partial charge >= 0.3 is 5.97 Å². The minimum Gasteiger partial charge on any atom is -0.481 e. The van der Waals surface area contributed by atoms with E-state index < -0.39 is 5.97 Å². The van der Waals surface area contributed by atoms with E-state index in [0.29, 0.717) is 6.42 Å². The summed E-state index contributed by atoms with van der Waals surface area (Å²) in [6, 6.07) is 0. The van der Waals surface area contributed by atoms with Gasteiger partial charge < -0.3 is 10.4 Å². The Labute approximate surface area is 175 Å². The molecule has 0 aliphatic rings. The third-order valence-corrected chi connectivity index (χ3v) is 5.79. The molecular weight excluding hydrogens is 378 g/mol. The number of nitrogens with one attached hydrogen (secondary N) is 1. The Hall–Kier alpha value is -0.620. The minimum absolute atomic E-state index is 0.104. The zero-order valence-electron chi connectivity index (χ0n) is 17.1. The number of rotatable bonds is 18. The molecular formula is C21H39NO3S2. The third-order valence-electron chi connectivity index (χ3n) is 4.58. The highest BCUT2D eigenvalue weighted by Crippen LogP contribution is 2.13. The van der Waals surface area contributed by atoms with Gasteiger partial charge in [-0.1, -0.05) is 121 Å². The molecule has 0 aliphatic carbocycles. The van der Waals surface area contributed by atoms with Crippen molar-refractivity contribution in [2.24, 2.45) is 0 Å². The van der Waals surface area contributed by atoms with Gasteiger partial charge in [0.25, 0.3) is 0 Å². The number of carboxylic acid groups (broad SMARTS) is 1. The van der Waals surface area contributed by atoms with Crippen LogP contribution in [0.2, 0.25) is 0 Å². The van der Waals surface area contributed by atoms with Crippen LogP contribution >= 0.6 is 24.0 Å². The average Bonchev–Trinajstić information content (AvgIpc) is 2.63. The number of carbonyl (C=O) groups is 2. The highest BCUT2D eigenvalue weighted by Gasteiger charge is 2.07. The molecule has 6 heteroatoms. The molecule has 0 aliphatic heterocycles. The number of aliphatic carboxylic acids is 1. The lowest BCUT2D eigenvalue weighted by Gasteiger charge is -2.05. The van der Waals surface area contributed by atoms with E-state index in [1.165, 1.54) is 83.5 Å². The molecule has 0 saturated heterocycles. The molecule has 0 spiro atoms. The number of amides is 1. The van der Waals surface area contributed by atoms with Gasteiger partial charge in [-0.3, -0.25) is 9.59 Å². The van der Waals surface area contributed by atoms with E-state index >= 15 is 0 Å². The van der Waals surface area contributed by atoms with Gasteiger partial charge in [0.2, 0.25) is 5.91 Å². The zero-order chi connectivity index (χ0) is 20.2. The topological polar surface area (TPSA) is 66.4 Å². The number of hydrogen-bond donors (Lipinski definition) is 2. The first kappa shape index (κ1) is 26.4. The zero-order valence-corrected chi connectivity index (χ0v) is 18.7. The van der Waals surface area contributed by atoms with Crippen LogP contribution in [0.5, 0.6) is 0 Å². The maximum Gasteiger partial charge on any atom is 0.313 e. The number of carboxylic acids is 1. The number of unbranched alkanes of at least 4 members (excludes halogenated alkanes) is 14. The van der Waals surface area contributed by atoms with Crippen LogP contribution in [0.25, 0.3) is 0 Å². The van der Waals surface area contributed by atoms with E-state index in [9.17, 15) is 9.59 Å². The van der Waals surface area contributed by atoms with Gasteiger partial charge in [-0.05, 0) is 6.42 Å². The molecule has 2 N–H and O–H groups in total. The summed E-state index contributed by atoms with van der Waals surface area (Å²) in [4.78, 5) is 22.1. The van der Waals surface area contributed by atoms with Gasteiger partial charge in [0.1, 0.15) is 4.32 Å².